The molecule has 0 amide bonds. The van der Waals surface area contributed by atoms with E-state index in [0.717, 1.165) is 76.1 Å². The van der Waals surface area contributed by atoms with E-state index in [2.05, 4.69) is 64.6 Å². The number of hydrogen-bond acceptors (Lipinski definition) is 7. The molecule has 5 aromatic carbocycles. The van der Waals surface area contributed by atoms with Crippen LogP contribution in [0.3, 0.4) is 0 Å². The highest BCUT2D eigenvalue weighted by Crippen LogP contribution is 2.54. The first-order valence-corrected chi connectivity index (χ1v) is 14.9. The first-order valence-electron chi connectivity index (χ1n) is 14.0. The molecule has 3 aliphatic rings. The lowest BCUT2D eigenvalue weighted by Gasteiger charge is -2.32. The molecule has 0 saturated carbocycles. The third-order valence-electron chi connectivity index (χ3n) is 8.41. The smallest absolute Gasteiger partial charge is 0.226 e. The van der Waals surface area contributed by atoms with E-state index in [4.69, 9.17) is 29.9 Å². The molecule has 2 aromatic heterocycles. The Kier molecular flexibility index (Phi) is 4.37. The summed E-state index contributed by atoms with van der Waals surface area (Å²) in [5.41, 5.74) is 3.91. The summed E-state index contributed by atoms with van der Waals surface area (Å²) in [6.07, 6.45) is 0. The van der Waals surface area contributed by atoms with Crippen molar-refractivity contribution in [3.05, 3.63) is 142 Å². The van der Waals surface area contributed by atoms with Gasteiger partial charge >= 0.3 is 0 Å². The van der Waals surface area contributed by atoms with Crippen LogP contribution in [0.15, 0.2) is 139 Å². The fraction of sp³-hybridized carbons (Fsp3) is 0.0588. The number of para-hydroxylation sites is 4. The molecule has 8 nitrogen and oxygen atoms in total. The maximum atomic E-state index is 5.30. The number of aromatic amines is 2. The number of rotatable bonds is 3. The summed E-state index contributed by atoms with van der Waals surface area (Å²) in [5.74, 6) is 1.44. The predicted molar refractivity (Wildman–Crippen MR) is 163 cm³/mol. The molecule has 4 heterocycles. The molecule has 1 unspecified atom stereocenters. The lowest BCUT2D eigenvalue weighted by molar-refractivity contribution is 0.260. The van der Waals surface area contributed by atoms with Crippen LogP contribution in [0.5, 0.6) is 0 Å². The molecule has 1 aliphatic carbocycles. The molecule has 0 fully saturated rings. The normalized spacial score (nSPS) is 18.4. The van der Waals surface area contributed by atoms with Gasteiger partial charge in [-0.25, -0.2) is 29.9 Å². The SMILES string of the molecule is c1cc2cc(c1)C1(N=c3ccc(Sc4ccc5nc(-c6nc7ccccc7[nH]6)[nH]c5c4)cc3=N1)C21N=c2ccccc2=N1. The highest BCUT2D eigenvalue weighted by molar-refractivity contribution is 7.99. The second kappa shape index (κ2) is 8.11. The molecule has 7 aromatic rings. The van der Waals surface area contributed by atoms with E-state index in [1.165, 1.54) is 0 Å². The first kappa shape index (κ1) is 23.2. The van der Waals surface area contributed by atoms with Gasteiger partial charge in [-0.05, 0) is 66.7 Å². The Morgan fingerprint density at radius 2 is 1.05 bits per heavy atom. The number of H-pyrrole nitrogens is 2. The van der Waals surface area contributed by atoms with E-state index >= 15 is 0 Å². The average molecular weight is 573 g/mol. The second-order valence-electron chi connectivity index (χ2n) is 11.0. The molecule has 2 aliphatic heterocycles. The molecule has 202 valence electrons. The standard InChI is InChI=1S/C34H20N8S/c1-2-9-24-23(8-1)35-31(36-24)32-37-25-14-12-21(17-29(25)38-32)43-22-13-15-28-30(18-22)42-34(41-28)20-7-5-6-19(16-20)33(34)39-26-10-3-4-11-27(26)40-33/h1-18H,(H,35,36)(H,37,38). The number of fused-ring (bicyclic) bond motifs is 9. The van der Waals surface area contributed by atoms with Crippen molar-refractivity contribution >= 4 is 33.8 Å². The molecular weight excluding hydrogens is 552 g/mol. The fourth-order valence-electron chi connectivity index (χ4n) is 6.44. The summed E-state index contributed by atoms with van der Waals surface area (Å²) >= 11 is 1.68. The molecule has 0 radical (unpaired) electrons. The second-order valence-corrected chi connectivity index (χ2v) is 12.1. The highest BCUT2D eigenvalue weighted by Gasteiger charge is 2.61. The van der Waals surface area contributed by atoms with Gasteiger partial charge in [-0.1, -0.05) is 54.2 Å². The average Bonchev–Trinajstić information content (AvgIpc) is 3.84. The fourth-order valence-corrected chi connectivity index (χ4v) is 7.33. The number of aromatic nitrogens is 4. The summed E-state index contributed by atoms with van der Waals surface area (Å²) in [6, 6.07) is 36.9. The van der Waals surface area contributed by atoms with Gasteiger partial charge in [0, 0.05) is 20.9 Å². The van der Waals surface area contributed by atoms with Gasteiger partial charge in [-0.15, -0.1) is 0 Å². The first-order chi connectivity index (χ1) is 21.2. The van der Waals surface area contributed by atoms with Crippen molar-refractivity contribution < 1.29 is 0 Å². The third kappa shape index (κ3) is 3.17. The van der Waals surface area contributed by atoms with Gasteiger partial charge in [-0.2, -0.15) is 0 Å². The summed E-state index contributed by atoms with van der Waals surface area (Å²) in [7, 11) is 0. The Morgan fingerprint density at radius 3 is 1.79 bits per heavy atom. The van der Waals surface area contributed by atoms with Crippen LogP contribution in [0.4, 0.5) is 0 Å². The third-order valence-corrected chi connectivity index (χ3v) is 9.39. The number of nitrogens with one attached hydrogen (secondary N) is 2. The molecule has 2 N–H and O–H groups in total. The zero-order valence-corrected chi connectivity index (χ0v) is 23.3. The monoisotopic (exact) mass is 572 g/mol. The van der Waals surface area contributed by atoms with E-state index in [0.29, 0.717) is 0 Å². The zero-order valence-electron chi connectivity index (χ0n) is 22.5. The van der Waals surface area contributed by atoms with Gasteiger partial charge in [0.1, 0.15) is 0 Å². The summed E-state index contributed by atoms with van der Waals surface area (Å²) in [4.78, 5) is 39.3. The maximum absolute atomic E-state index is 5.30. The Labute approximate surface area is 247 Å². The molecule has 9 heteroatoms. The number of benzene rings is 5. The summed E-state index contributed by atoms with van der Waals surface area (Å²) in [5, 5.41) is 3.45. The van der Waals surface area contributed by atoms with Gasteiger partial charge in [-0.3, -0.25) is 0 Å². The topological polar surface area (TPSA) is 107 Å². The highest BCUT2D eigenvalue weighted by atomic mass is 32.2. The van der Waals surface area contributed by atoms with Crippen molar-refractivity contribution in [3.8, 4) is 11.6 Å². The molecule has 0 saturated heterocycles. The number of imidazole rings is 2. The van der Waals surface area contributed by atoms with Gasteiger partial charge in [0.2, 0.25) is 11.3 Å². The van der Waals surface area contributed by atoms with Crippen LogP contribution in [0.1, 0.15) is 11.1 Å². The minimum absolute atomic E-state index is 0.718. The van der Waals surface area contributed by atoms with Crippen LogP contribution in [0.2, 0.25) is 0 Å². The Hall–Kier alpha value is -5.41. The van der Waals surface area contributed by atoms with Gasteiger partial charge < -0.3 is 9.97 Å². The van der Waals surface area contributed by atoms with Crippen LogP contribution in [-0.2, 0) is 11.3 Å². The van der Waals surface area contributed by atoms with Gasteiger partial charge in [0.25, 0.3) is 0 Å². The zero-order chi connectivity index (χ0) is 28.2. The lowest BCUT2D eigenvalue weighted by atomic mass is 9.93. The molecule has 10 rings (SSSR count). The van der Waals surface area contributed by atoms with Crippen molar-refractivity contribution in [2.24, 2.45) is 20.0 Å². The number of hydrogen-bond donors (Lipinski definition) is 2. The van der Waals surface area contributed by atoms with E-state index in [9.17, 15) is 0 Å². The Morgan fingerprint density at radius 1 is 0.465 bits per heavy atom. The van der Waals surface area contributed by atoms with Crippen molar-refractivity contribution in [1.82, 2.24) is 19.9 Å². The van der Waals surface area contributed by atoms with Crippen LogP contribution < -0.4 is 21.4 Å². The quantitative estimate of drug-likeness (QED) is 0.326. The summed E-state index contributed by atoms with van der Waals surface area (Å²) in [6.45, 7) is 0. The van der Waals surface area contributed by atoms with E-state index < -0.39 is 11.3 Å². The molecule has 2 bridgehead atoms. The predicted octanol–water partition coefficient (Wildman–Crippen LogP) is 4.48. The van der Waals surface area contributed by atoms with Crippen LogP contribution >= 0.6 is 11.8 Å². The lowest BCUT2D eigenvalue weighted by Crippen LogP contribution is -2.39. The van der Waals surface area contributed by atoms with Crippen LogP contribution in [0, 0.1) is 0 Å². The molecule has 43 heavy (non-hydrogen) atoms. The van der Waals surface area contributed by atoms with Crippen molar-refractivity contribution in [3.63, 3.8) is 0 Å². The van der Waals surface area contributed by atoms with Crippen LogP contribution in [0.25, 0.3) is 33.7 Å². The number of nitrogens with zero attached hydrogens (tertiary/aromatic N) is 6. The Balaban J connectivity index is 1.02. The molecule has 1 atom stereocenters. The van der Waals surface area contributed by atoms with Crippen molar-refractivity contribution in [2.75, 3.05) is 0 Å². The largest absolute Gasteiger partial charge is 0.335 e. The molecule has 2 spiro atoms. The van der Waals surface area contributed by atoms with E-state index in [1.807, 2.05) is 54.6 Å². The maximum Gasteiger partial charge on any atom is 0.226 e. The minimum Gasteiger partial charge on any atom is -0.335 e. The van der Waals surface area contributed by atoms with Gasteiger partial charge in [0.15, 0.2) is 11.6 Å². The Bertz CT molecular complexity index is 2520. The minimum atomic E-state index is -0.946. The molecular formula is C34H20N8S. The van der Waals surface area contributed by atoms with E-state index in [1.54, 1.807) is 11.8 Å². The van der Waals surface area contributed by atoms with Gasteiger partial charge in [0.05, 0.1) is 43.5 Å². The van der Waals surface area contributed by atoms with E-state index in [-0.39, 0.29) is 0 Å². The van der Waals surface area contributed by atoms with Crippen molar-refractivity contribution in [2.45, 2.75) is 21.1 Å². The summed E-state index contributed by atoms with van der Waals surface area (Å²) < 4.78 is 0. The van der Waals surface area contributed by atoms with Crippen LogP contribution in [-0.4, -0.2) is 19.9 Å². The van der Waals surface area contributed by atoms with Crippen molar-refractivity contribution in [1.29, 1.82) is 0 Å².